The van der Waals surface area contributed by atoms with Crippen molar-refractivity contribution in [3.8, 4) is 11.5 Å². The Labute approximate surface area is 120 Å². The predicted octanol–water partition coefficient (Wildman–Crippen LogP) is 4.44. The summed E-state index contributed by atoms with van der Waals surface area (Å²) < 4.78 is 4.67. The van der Waals surface area contributed by atoms with Gasteiger partial charge in [0.15, 0.2) is 11.5 Å². The smallest absolute Gasteiger partial charge is 0.504 e. The van der Waals surface area contributed by atoms with Crippen molar-refractivity contribution in [2.75, 3.05) is 0 Å². The SMILES string of the molecule is CCCCc1cc(OC(=O)O)c(O)c(C)c1CCCC. The number of ether oxygens (including phenoxy) is 1. The number of phenols is 1. The maximum Gasteiger partial charge on any atom is 0.511 e. The van der Waals surface area contributed by atoms with E-state index < -0.39 is 6.16 Å². The highest BCUT2D eigenvalue weighted by molar-refractivity contribution is 5.65. The minimum atomic E-state index is -1.40. The van der Waals surface area contributed by atoms with Crippen LogP contribution in [0.1, 0.15) is 56.2 Å². The van der Waals surface area contributed by atoms with Crippen molar-refractivity contribution in [1.82, 2.24) is 0 Å². The van der Waals surface area contributed by atoms with E-state index in [-0.39, 0.29) is 11.5 Å². The highest BCUT2D eigenvalue weighted by Gasteiger charge is 2.17. The molecule has 1 aromatic rings. The van der Waals surface area contributed by atoms with Crippen molar-refractivity contribution in [1.29, 1.82) is 0 Å². The summed E-state index contributed by atoms with van der Waals surface area (Å²) in [5.41, 5.74) is 2.96. The number of rotatable bonds is 7. The number of carbonyl (C=O) groups is 1. The van der Waals surface area contributed by atoms with Crippen molar-refractivity contribution in [3.63, 3.8) is 0 Å². The average Bonchev–Trinajstić information content (AvgIpc) is 2.40. The second-order valence-electron chi connectivity index (χ2n) is 5.06. The second kappa shape index (κ2) is 7.78. The Morgan fingerprint density at radius 2 is 1.80 bits per heavy atom. The van der Waals surface area contributed by atoms with Crippen LogP contribution in [-0.2, 0) is 12.8 Å². The molecule has 112 valence electrons. The number of carboxylic acid groups (broad SMARTS) is 1. The average molecular weight is 280 g/mol. The van der Waals surface area contributed by atoms with Crippen molar-refractivity contribution in [2.45, 2.75) is 59.3 Å². The Hall–Kier alpha value is -1.71. The molecule has 4 heteroatoms. The van der Waals surface area contributed by atoms with E-state index in [1.807, 2.05) is 6.92 Å². The van der Waals surface area contributed by atoms with Gasteiger partial charge in [-0.15, -0.1) is 0 Å². The topological polar surface area (TPSA) is 66.8 Å². The maximum absolute atomic E-state index is 10.7. The molecule has 0 atom stereocenters. The molecule has 0 amide bonds. The zero-order valence-electron chi connectivity index (χ0n) is 12.5. The standard InChI is InChI=1S/C16H24O4/c1-4-6-8-12-10-14(20-16(18)19)15(17)11(3)13(12)9-7-5-2/h10,17H,4-9H2,1-3H3,(H,18,19). The lowest BCUT2D eigenvalue weighted by Gasteiger charge is -2.16. The zero-order chi connectivity index (χ0) is 15.1. The third-order valence-corrected chi connectivity index (χ3v) is 3.51. The number of aryl methyl sites for hydroxylation is 1. The summed E-state index contributed by atoms with van der Waals surface area (Å²) in [6.45, 7) is 6.07. The fourth-order valence-electron chi connectivity index (χ4n) is 2.35. The van der Waals surface area contributed by atoms with Crippen LogP contribution in [0.25, 0.3) is 0 Å². The van der Waals surface area contributed by atoms with Crippen LogP contribution in [0, 0.1) is 6.92 Å². The van der Waals surface area contributed by atoms with Gasteiger partial charge in [0.25, 0.3) is 0 Å². The highest BCUT2D eigenvalue weighted by atomic mass is 16.7. The summed E-state index contributed by atoms with van der Waals surface area (Å²) in [6, 6.07) is 1.68. The molecule has 0 aliphatic heterocycles. The molecule has 0 bridgehead atoms. The van der Waals surface area contributed by atoms with Crippen LogP contribution in [-0.4, -0.2) is 16.4 Å². The lowest BCUT2D eigenvalue weighted by molar-refractivity contribution is 0.142. The molecule has 0 fully saturated rings. The molecule has 2 N–H and O–H groups in total. The summed E-state index contributed by atoms with van der Waals surface area (Å²) in [5.74, 6) is -0.0138. The van der Waals surface area contributed by atoms with Gasteiger partial charge in [-0.3, -0.25) is 0 Å². The van der Waals surface area contributed by atoms with E-state index in [4.69, 9.17) is 5.11 Å². The molecule has 0 aliphatic carbocycles. The van der Waals surface area contributed by atoms with Crippen LogP contribution in [0.15, 0.2) is 6.07 Å². The van der Waals surface area contributed by atoms with Gasteiger partial charge in [0.2, 0.25) is 0 Å². The van der Waals surface area contributed by atoms with E-state index in [1.165, 1.54) is 0 Å². The van der Waals surface area contributed by atoms with Gasteiger partial charge in [-0.2, -0.15) is 0 Å². The first-order valence-corrected chi connectivity index (χ1v) is 7.26. The molecule has 0 heterocycles. The van der Waals surface area contributed by atoms with Crippen LogP contribution in [0.3, 0.4) is 0 Å². The van der Waals surface area contributed by atoms with Gasteiger partial charge < -0.3 is 14.9 Å². The summed E-state index contributed by atoms with van der Waals surface area (Å²) in [4.78, 5) is 10.7. The number of phenolic OH excluding ortho intramolecular Hbond substituents is 1. The molecule has 0 aliphatic rings. The molecule has 1 rings (SSSR count). The second-order valence-corrected chi connectivity index (χ2v) is 5.06. The molecule has 4 nitrogen and oxygen atoms in total. The van der Waals surface area contributed by atoms with Gasteiger partial charge in [0, 0.05) is 0 Å². The largest absolute Gasteiger partial charge is 0.511 e. The quantitative estimate of drug-likeness (QED) is 0.572. The molecular weight excluding hydrogens is 256 g/mol. The third-order valence-electron chi connectivity index (χ3n) is 3.51. The Balaban J connectivity index is 3.19. The number of benzene rings is 1. The van der Waals surface area contributed by atoms with Crippen LogP contribution < -0.4 is 4.74 Å². The minimum Gasteiger partial charge on any atom is -0.504 e. The first kappa shape index (κ1) is 16.3. The van der Waals surface area contributed by atoms with E-state index >= 15 is 0 Å². The number of unbranched alkanes of at least 4 members (excludes halogenated alkanes) is 2. The minimum absolute atomic E-state index is 0.0429. The summed E-state index contributed by atoms with van der Waals surface area (Å²) >= 11 is 0. The molecular formula is C16H24O4. The Morgan fingerprint density at radius 3 is 2.35 bits per heavy atom. The van der Waals surface area contributed by atoms with Crippen LogP contribution >= 0.6 is 0 Å². The van der Waals surface area contributed by atoms with Crippen LogP contribution in [0.4, 0.5) is 4.79 Å². The van der Waals surface area contributed by atoms with Gasteiger partial charge in [0.1, 0.15) is 0 Å². The van der Waals surface area contributed by atoms with Crippen LogP contribution in [0.2, 0.25) is 0 Å². The fourth-order valence-corrected chi connectivity index (χ4v) is 2.35. The summed E-state index contributed by atoms with van der Waals surface area (Å²) in [7, 11) is 0. The zero-order valence-corrected chi connectivity index (χ0v) is 12.5. The Bertz CT molecular complexity index is 466. The first-order valence-electron chi connectivity index (χ1n) is 7.26. The van der Waals surface area contributed by atoms with Gasteiger partial charge in [-0.1, -0.05) is 26.7 Å². The summed E-state index contributed by atoms with van der Waals surface area (Å²) in [5, 5.41) is 18.8. The fraction of sp³-hybridized carbons (Fsp3) is 0.562. The van der Waals surface area contributed by atoms with E-state index in [0.717, 1.165) is 55.2 Å². The lowest BCUT2D eigenvalue weighted by atomic mass is 9.93. The van der Waals surface area contributed by atoms with Crippen molar-refractivity contribution in [2.24, 2.45) is 0 Å². The van der Waals surface area contributed by atoms with E-state index in [0.29, 0.717) is 0 Å². The van der Waals surface area contributed by atoms with Gasteiger partial charge >= 0.3 is 6.16 Å². The molecule has 1 aromatic carbocycles. The summed E-state index contributed by atoms with van der Waals surface area (Å²) in [6.07, 6.45) is 4.63. The molecule has 0 aromatic heterocycles. The van der Waals surface area contributed by atoms with Gasteiger partial charge in [0.05, 0.1) is 0 Å². The van der Waals surface area contributed by atoms with Gasteiger partial charge in [-0.25, -0.2) is 4.79 Å². The van der Waals surface area contributed by atoms with Crippen LogP contribution in [0.5, 0.6) is 11.5 Å². The van der Waals surface area contributed by atoms with Crippen molar-refractivity contribution in [3.05, 3.63) is 22.8 Å². The molecule has 0 spiro atoms. The first-order chi connectivity index (χ1) is 9.51. The molecule has 0 saturated carbocycles. The molecule has 0 radical (unpaired) electrons. The molecule has 0 saturated heterocycles. The van der Waals surface area contributed by atoms with Crippen molar-refractivity contribution < 1.29 is 19.7 Å². The molecule has 0 unspecified atom stereocenters. The third kappa shape index (κ3) is 4.15. The van der Waals surface area contributed by atoms with E-state index in [1.54, 1.807) is 6.07 Å². The van der Waals surface area contributed by atoms with Crippen molar-refractivity contribution >= 4 is 6.16 Å². The Kier molecular flexibility index (Phi) is 6.36. The molecule has 20 heavy (non-hydrogen) atoms. The number of hydrogen-bond acceptors (Lipinski definition) is 3. The monoisotopic (exact) mass is 280 g/mol. The predicted molar refractivity (Wildman–Crippen MR) is 78.7 cm³/mol. The lowest BCUT2D eigenvalue weighted by Crippen LogP contribution is -2.06. The van der Waals surface area contributed by atoms with E-state index in [9.17, 15) is 9.90 Å². The number of hydrogen-bond donors (Lipinski definition) is 2. The normalized spacial score (nSPS) is 10.6. The highest BCUT2D eigenvalue weighted by Crippen LogP contribution is 2.36. The Morgan fingerprint density at radius 1 is 1.20 bits per heavy atom. The van der Waals surface area contributed by atoms with Gasteiger partial charge in [-0.05, 0) is 55.4 Å². The number of aromatic hydroxyl groups is 1. The maximum atomic E-state index is 10.7. The van der Waals surface area contributed by atoms with E-state index in [2.05, 4.69) is 18.6 Å².